The Morgan fingerprint density at radius 2 is 1.11 bits per heavy atom. The third kappa shape index (κ3) is 4.83. The molecule has 0 saturated heterocycles. The van der Waals surface area contributed by atoms with Crippen molar-refractivity contribution in [2.24, 2.45) is 0 Å². The molecule has 4 aromatic rings. The number of rotatable bonds is 7. The number of allylic oxidation sites excluding steroid dienone is 3. The second-order valence-electron chi connectivity index (χ2n) is 8.47. The zero-order valence-electron chi connectivity index (χ0n) is 20.1. The van der Waals surface area contributed by atoms with Crippen molar-refractivity contribution in [3.63, 3.8) is 0 Å². The SMILES string of the molecule is C=C/C(CC)=C(\C#CCP(Br)(c1ccccc1)(c1ccccc1)c1ccccc1)c1ccccc1. The zero-order valence-corrected chi connectivity index (χ0v) is 22.6. The first kappa shape index (κ1) is 24.9. The van der Waals surface area contributed by atoms with E-state index in [1.54, 1.807) is 0 Å². The summed E-state index contributed by atoms with van der Waals surface area (Å²) in [6.07, 6.45) is 3.50. The first-order valence-electron chi connectivity index (χ1n) is 11.9. The van der Waals surface area contributed by atoms with Crippen LogP contribution in [0.5, 0.6) is 0 Å². The van der Waals surface area contributed by atoms with E-state index in [9.17, 15) is 0 Å². The number of hydrogen-bond donors (Lipinski definition) is 0. The van der Waals surface area contributed by atoms with Crippen LogP contribution < -0.4 is 15.9 Å². The van der Waals surface area contributed by atoms with Gasteiger partial charge in [-0.3, -0.25) is 0 Å². The standard InChI is InChI=1S/C33H30BrP/c1-3-28(4-2)33(29-18-9-5-10-19-29)26-17-27-35(34,30-20-11-6-12-21-30,31-22-13-7-14-23-31)32-24-15-8-16-25-32/h3,5-16,18-25H,1,4,27H2,2H3/b33-28-. The molecule has 0 aliphatic carbocycles. The van der Waals surface area contributed by atoms with Crippen LogP contribution in [0.1, 0.15) is 18.9 Å². The Kier molecular flexibility index (Phi) is 7.87. The van der Waals surface area contributed by atoms with E-state index in [2.05, 4.69) is 156 Å². The second kappa shape index (κ2) is 11.0. The van der Waals surface area contributed by atoms with Crippen LogP contribution in [0, 0.1) is 11.8 Å². The molecule has 174 valence electrons. The van der Waals surface area contributed by atoms with Gasteiger partial charge in [-0.1, -0.05) is 0 Å². The molecule has 0 heterocycles. The Morgan fingerprint density at radius 3 is 1.49 bits per heavy atom. The number of halogens is 1. The molecule has 0 saturated carbocycles. The Labute approximate surface area is 218 Å². The molecule has 2 heteroatoms. The van der Waals surface area contributed by atoms with Gasteiger partial charge in [-0.2, -0.15) is 0 Å². The van der Waals surface area contributed by atoms with Gasteiger partial charge in [0.25, 0.3) is 0 Å². The predicted molar refractivity (Wildman–Crippen MR) is 161 cm³/mol. The molecule has 0 spiro atoms. The van der Waals surface area contributed by atoms with Crippen molar-refractivity contribution in [1.29, 1.82) is 0 Å². The van der Waals surface area contributed by atoms with E-state index in [1.165, 1.54) is 15.9 Å². The Bertz CT molecular complexity index is 1260. The van der Waals surface area contributed by atoms with E-state index in [0.29, 0.717) is 6.16 Å². The molecule has 0 unspecified atom stereocenters. The molecule has 35 heavy (non-hydrogen) atoms. The van der Waals surface area contributed by atoms with Gasteiger partial charge in [0.05, 0.1) is 0 Å². The summed E-state index contributed by atoms with van der Waals surface area (Å²) in [5, 5.41) is 0.745. The average Bonchev–Trinajstić information content (AvgIpc) is 2.94. The topological polar surface area (TPSA) is 0 Å². The van der Waals surface area contributed by atoms with E-state index in [0.717, 1.165) is 23.1 Å². The van der Waals surface area contributed by atoms with Crippen molar-refractivity contribution in [3.05, 3.63) is 145 Å². The second-order valence-corrected chi connectivity index (χ2v) is 17.4. The third-order valence-corrected chi connectivity index (χ3v) is 15.8. The van der Waals surface area contributed by atoms with Crippen LogP contribution in [-0.2, 0) is 0 Å². The number of benzene rings is 4. The Balaban J connectivity index is 1.98. The first-order valence-corrected chi connectivity index (χ1v) is 16.3. The molecular weight excluding hydrogens is 507 g/mol. The molecule has 0 radical (unpaired) electrons. The quantitative estimate of drug-likeness (QED) is 0.128. The first-order chi connectivity index (χ1) is 17.1. The summed E-state index contributed by atoms with van der Waals surface area (Å²) >= 11 is 4.49. The van der Waals surface area contributed by atoms with Crippen LogP contribution in [-0.4, -0.2) is 6.16 Å². The molecular formula is C33H30BrP. The molecule has 0 aromatic heterocycles. The molecule has 0 bridgehead atoms. The van der Waals surface area contributed by atoms with E-state index in [4.69, 9.17) is 0 Å². The van der Waals surface area contributed by atoms with Gasteiger partial charge < -0.3 is 0 Å². The maximum absolute atomic E-state index is 4.49. The van der Waals surface area contributed by atoms with E-state index >= 15 is 0 Å². The van der Waals surface area contributed by atoms with Crippen molar-refractivity contribution in [1.82, 2.24) is 0 Å². The Morgan fingerprint density at radius 1 is 0.714 bits per heavy atom. The summed E-state index contributed by atoms with van der Waals surface area (Å²) in [5.41, 5.74) is 3.35. The van der Waals surface area contributed by atoms with Crippen LogP contribution in [0.25, 0.3) is 5.57 Å². The minimum absolute atomic E-state index is 0.675. The average molecular weight is 537 g/mol. The summed E-state index contributed by atoms with van der Waals surface area (Å²) in [6.45, 7) is 6.22. The van der Waals surface area contributed by atoms with Crippen molar-refractivity contribution in [3.8, 4) is 11.8 Å². The molecule has 4 aromatic carbocycles. The van der Waals surface area contributed by atoms with Gasteiger partial charge in [0.2, 0.25) is 0 Å². The molecule has 0 atom stereocenters. The van der Waals surface area contributed by atoms with Crippen LogP contribution in [0.2, 0.25) is 0 Å². The van der Waals surface area contributed by atoms with Gasteiger partial charge in [-0.15, -0.1) is 0 Å². The fraction of sp³-hybridized carbons (Fsp3) is 0.0909. The van der Waals surface area contributed by atoms with Crippen molar-refractivity contribution in [2.45, 2.75) is 13.3 Å². The van der Waals surface area contributed by atoms with Crippen LogP contribution in [0.3, 0.4) is 0 Å². The monoisotopic (exact) mass is 536 g/mol. The van der Waals surface area contributed by atoms with Gasteiger partial charge in [-0.25, -0.2) is 0 Å². The molecule has 0 nitrogen and oxygen atoms in total. The molecule has 0 fully saturated rings. The fourth-order valence-corrected chi connectivity index (χ4v) is 11.3. The predicted octanol–water partition coefficient (Wildman–Crippen LogP) is 7.88. The van der Waals surface area contributed by atoms with E-state index in [-0.39, 0.29) is 0 Å². The third-order valence-electron chi connectivity index (χ3n) is 6.48. The summed E-state index contributed by atoms with van der Waals surface area (Å²) in [4.78, 5) is 0. The van der Waals surface area contributed by atoms with Crippen molar-refractivity contribution < 1.29 is 0 Å². The van der Waals surface area contributed by atoms with Gasteiger partial charge in [0.15, 0.2) is 0 Å². The zero-order chi connectivity index (χ0) is 24.6. The molecule has 0 aliphatic heterocycles. The van der Waals surface area contributed by atoms with Crippen LogP contribution >= 0.6 is 20.8 Å². The van der Waals surface area contributed by atoms with Gasteiger partial charge in [0, 0.05) is 0 Å². The normalized spacial score (nSPS) is 12.9. The molecule has 0 aliphatic rings. The summed E-state index contributed by atoms with van der Waals surface area (Å²) < 4.78 is 0. The number of hydrogen-bond acceptors (Lipinski definition) is 0. The summed E-state index contributed by atoms with van der Waals surface area (Å²) in [6, 6.07) is 42.8. The maximum atomic E-state index is 4.49. The van der Waals surface area contributed by atoms with Crippen molar-refractivity contribution in [2.75, 3.05) is 6.16 Å². The molecule has 4 rings (SSSR count). The van der Waals surface area contributed by atoms with Crippen LogP contribution in [0.4, 0.5) is 0 Å². The van der Waals surface area contributed by atoms with Gasteiger partial charge in [0.1, 0.15) is 0 Å². The molecule has 0 amide bonds. The Hall–Kier alpha value is -3.17. The van der Waals surface area contributed by atoms with Gasteiger partial charge >= 0.3 is 219 Å². The van der Waals surface area contributed by atoms with E-state index < -0.39 is 5.31 Å². The molecule has 0 N–H and O–H groups in total. The summed E-state index contributed by atoms with van der Waals surface area (Å²) in [5.74, 6) is 7.25. The van der Waals surface area contributed by atoms with Gasteiger partial charge in [-0.05, 0) is 0 Å². The fourth-order valence-electron chi connectivity index (χ4n) is 4.58. The van der Waals surface area contributed by atoms with Crippen molar-refractivity contribution >= 4 is 42.3 Å². The summed E-state index contributed by atoms with van der Waals surface area (Å²) in [7, 11) is 0. The van der Waals surface area contributed by atoms with Crippen LogP contribution in [0.15, 0.2) is 140 Å². The minimum atomic E-state index is -3.07. The van der Waals surface area contributed by atoms with E-state index in [1.807, 2.05) is 12.1 Å².